The predicted octanol–water partition coefficient (Wildman–Crippen LogP) is 4.11. The van der Waals surface area contributed by atoms with Crippen LogP contribution in [0.25, 0.3) is 0 Å². The normalized spacial score (nSPS) is 34.8. The molecule has 1 aliphatic heterocycles. The number of ether oxygens (including phenoxy) is 1. The number of fused-ring (bicyclic) bond motifs is 1. The van der Waals surface area contributed by atoms with Crippen molar-refractivity contribution in [2.75, 3.05) is 0 Å². The van der Waals surface area contributed by atoms with Crippen LogP contribution in [-0.2, 0) is 9.16 Å². The van der Waals surface area contributed by atoms with E-state index < -0.39 is 8.32 Å². The molecule has 0 aromatic heterocycles. The summed E-state index contributed by atoms with van der Waals surface area (Å²) in [6, 6.07) is 0. The molecule has 1 saturated heterocycles. The summed E-state index contributed by atoms with van der Waals surface area (Å²) in [5.41, 5.74) is 0. The van der Waals surface area contributed by atoms with Crippen LogP contribution in [0, 0.1) is 0 Å². The molecule has 3 heteroatoms. The summed E-state index contributed by atoms with van der Waals surface area (Å²) in [4.78, 5) is 0. The van der Waals surface area contributed by atoms with Crippen molar-refractivity contribution in [2.24, 2.45) is 0 Å². The molecule has 100 valence electrons. The summed E-state index contributed by atoms with van der Waals surface area (Å²) in [5.74, 6) is 0. The van der Waals surface area contributed by atoms with Gasteiger partial charge in [-0.05, 0) is 50.2 Å². The molecular formula is C14H28O2Si. The molecule has 17 heavy (non-hydrogen) atoms. The SMILES string of the molecule is CC(C)(C)[Si](C)(C)O[C@@H]1CCC[C@@H]2O[C@@H]2CC1. The second kappa shape index (κ2) is 4.67. The molecule has 2 aliphatic rings. The standard InChI is InChI=1S/C14H28O2Si/c1-14(2,3)17(4,5)16-11-7-6-8-12-13(15-12)10-9-11/h11-13H,6-10H2,1-5H3/t11-,12+,13-/m1/s1. The summed E-state index contributed by atoms with van der Waals surface area (Å²) in [7, 11) is -1.58. The molecule has 1 saturated carbocycles. The van der Waals surface area contributed by atoms with Crippen LogP contribution in [0.4, 0.5) is 0 Å². The van der Waals surface area contributed by atoms with E-state index in [-0.39, 0.29) is 0 Å². The van der Waals surface area contributed by atoms with Crippen LogP contribution in [0.15, 0.2) is 0 Å². The molecule has 2 rings (SSSR count). The third-order valence-corrected chi connectivity index (χ3v) is 9.28. The zero-order valence-electron chi connectivity index (χ0n) is 12.1. The third-order valence-electron chi connectivity index (χ3n) is 4.74. The minimum absolute atomic E-state index is 0.327. The molecule has 0 bridgehead atoms. The van der Waals surface area contributed by atoms with E-state index >= 15 is 0 Å². The Morgan fingerprint density at radius 1 is 1.00 bits per heavy atom. The molecule has 0 aromatic rings. The molecule has 0 spiro atoms. The molecule has 0 unspecified atom stereocenters. The number of epoxide rings is 1. The Morgan fingerprint density at radius 2 is 1.65 bits per heavy atom. The highest BCUT2D eigenvalue weighted by Crippen LogP contribution is 2.40. The van der Waals surface area contributed by atoms with Gasteiger partial charge in [-0.25, -0.2) is 0 Å². The van der Waals surface area contributed by atoms with Crippen molar-refractivity contribution in [3.8, 4) is 0 Å². The van der Waals surface area contributed by atoms with Gasteiger partial charge in [0, 0.05) is 6.10 Å². The number of hydrogen-bond donors (Lipinski definition) is 0. The van der Waals surface area contributed by atoms with Crippen molar-refractivity contribution in [1.82, 2.24) is 0 Å². The Hall–Kier alpha value is 0.137. The fourth-order valence-corrected chi connectivity index (χ4v) is 3.86. The fraction of sp³-hybridized carbons (Fsp3) is 1.00. The van der Waals surface area contributed by atoms with Crippen LogP contribution < -0.4 is 0 Å². The highest BCUT2D eigenvalue weighted by molar-refractivity contribution is 6.74. The van der Waals surface area contributed by atoms with E-state index in [0.29, 0.717) is 23.4 Å². The van der Waals surface area contributed by atoms with Crippen LogP contribution in [0.5, 0.6) is 0 Å². The molecule has 0 radical (unpaired) electrons. The molecule has 2 nitrogen and oxygen atoms in total. The third kappa shape index (κ3) is 3.33. The second-order valence-electron chi connectivity index (χ2n) is 7.22. The van der Waals surface area contributed by atoms with E-state index in [9.17, 15) is 0 Å². The molecular weight excluding hydrogens is 228 g/mol. The van der Waals surface area contributed by atoms with E-state index in [2.05, 4.69) is 33.9 Å². The largest absolute Gasteiger partial charge is 0.414 e. The van der Waals surface area contributed by atoms with Crippen molar-refractivity contribution in [3.63, 3.8) is 0 Å². The van der Waals surface area contributed by atoms with Gasteiger partial charge in [0.15, 0.2) is 8.32 Å². The van der Waals surface area contributed by atoms with Crippen LogP contribution in [-0.4, -0.2) is 26.6 Å². The first kappa shape index (κ1) is 13.6. The zero-order valence-corrected chi connectivity index (χ0v) is 13.1. The molecule has 0 N–H and O–H groups in total. The highest BCUT2D eigenvalue weighted by Gasteiger charge is 2.42. The summed E-state index contributed by atoms with van der Waals surface area (Å²) in [5, 5.41) is 0.327. The first-order chi connectivity index (χ1) is 7.79. The molecule has 3 atom stereocenters. The first-order valence-electron chi connectivity index (χ1n) is 7.13. The molecule has 2 fully saturated rings. The zero-order chi connectivity index (χ0) is 12.7. The lowest BCUT2D eigenvalue weighted by Crippen LogP contribution is -2.44. The van der Waals surface area contributed by atoms with Crippen LogP contribution in [0.3, 0.4) is 0 Å². The van der Waals surface area contributed by atoms with Gasteiger partial charge in [0.2, 0.25) is 0 Å². The second-order valence-corrected chi connectivity index (χ2v) is 12.0. The average Bonchev–Trinajstić information content (AvgIpc) is 2.86. The molecule has 1 heterocycles. The van der Waals surface area contributed by atoms with Crippen molar-refractivity contribution in [1.29, 1.82) is 0 Å². The van der Waals surface area contributed by atoms with E-state index in [1.807, 2.05) is 0 Å². The maximum atomic E-state index is 6.53. The average molecular weight is 256 g/mol. The lowest BCUT2D eigenvalue weighted by Gasteiger charge is -2.39. The quantitative estimate of drug-likeness (QED) is 0.548. The van der Waals surface area contributed by atoms with Gasteiger partial charge >= 0.3 is 0 Å². The minimum Gasteiger partial charge on any atom is -0.414 e. The van der Waals surface area contributed by atoms with E-state index in [1.165, 1.54) is 32.1 Å². The van der Waals surface area contributed by atoms with Gasteiger partial charge in [-0.15, -0.1) is 0 Å². The number of rotatable bonds is 2. The highest BCUT2D eigenvalue weighted by atomic mass is 28.4. The van der Waals surface area contributed by atoms with Crippen molar-refractivity contribution in [3.05, 3.63) is 0 Å². The Bertz CT molecular complexity index is 270. The minimum atomic E-state index is -1.58. The lowest BCUT2D eigenvalue weighted by molar-refractivity contribution is 0.151. The summed E-state index contributed by atoms with van der Waals surface area (Å²) in [6.07, 6.45) is 7.84. The van der Waals surface area contributed by atoms with E-state index in [4.69, 9.17) is 9.16 Å². The van der Waals surface area contributed by atoms with E-state index in [0.717, 1.165) is 0 Å². The smallest absolute Gasteiger partial charge is 0.192 e. The fourth-order valence-electron chi connectivity index (χ4n) is 2.44. The van der Waals surface area contributed by atoms with Crippen molar-refractivity contribution >= 4 is 8.32 Å². The van der Waals surface area contributed by atoms with Gasteiger partial charge in [-0.2, -0.15) is 0 Å². The summed E-state index contributed by atoms with van der Waals surface area (Å²) >= 11 is 0. The topological polar surface area (TPSA) is 21.8 Å². The van der Waals surface area contributed by atoms with Crippen LogP contribution in [0.2, 0.25) is 18.1 Å². The Morgan fingerprint density at radius 3 is 2.29 bits per heavy atom. The Kier molecular flexibility index (Phi) is 3.73. The maximum absolute atomic E-state index is 6.53. The van der Waals surface area contributed by atoms with Crippen molar-refractivity contribution in [2.45, 2.75) is 89.3 Å². The van der Waals surface area contributed by atoms with Crippen LogP contribution >= 0.6 is 0 Å². The van der Waals surface area contributed by atoms with Gasteiger partial charge < -0.3 is 9.16 Å². The molecule has 0 amide bonds. The Balaban J connectivity index is 1.88. The van der Waals surface area contributed by atoms with E-state index in [1.54, 1.807) is 0 Å². The van der Waals surface area contributed by atoms with Crippen molar-refractivity contribution < 1.29 is 9.16 Å². The lowest BCUT2D eigenvalue weighted by atomic mass is 9.99. The number of hydrogen-bond acceptors (Lipinski definition) is 2. The van der Waals surface area contributed by atoms with Gasteiger partial charge in [0.05, 0.1) is 12.2 Å². The maximum Gasteiger partial charge on any atom is 0.192 e. The first-order valence-corrected chi connectivity index (χ1v) is 10.0. The van der Waals surface area contributed by atoms with Gasteiger partial charge in [-0.1, -0.05) is 20.8 Å². The summed E-state index contributed by atoms with van der Waals surface area (Å²) in [6.45, 7) is 11.7. The van der Waals surface area contributed by atoms with Gasteiger partial charge in [-0.3, -0.25) is 0 Å². The Labute approximate surface area is 107 Å². The molecule has 1 aliphatic carbocycles. The predicted molar refractivity (Wildman–Crippen MR) is 73.8 cm³/mol. The summed E-state index contributed by atoms with van der Waals surface area (Å²) < 4.78 is 12.2. The molecule has 0 aromatic carbocycles. The van der Waals surface area contributed by atoms with Crippen LogP contribution in [0.1, 0.15) is 52.9 Å². The van der Waals surface area contributed by atoms with Gasteiger partial charge in [0.1, 0.15) is 0 Å². The van der Waals surface area contributed by atoms with Gasteiger partial charge in [0.25, 0.3) is 0 Å². The monoisotopic (exact) mass is 256 g/mol.